The smallest absolute Gasteiger partial charge is 0.220 e. The molecule has 0 bridgehead atoms. The van der Waals surface area contributed by atoms with Gasteiger partial charge in [0.05, 0.1) is 6.10 Å². The highest BCUT2D eigenvalue weighted by molar-refractivity contribution is 5.76. The van der Waals surface area contributed by atoms with Gasteiger partial charge < -0.3 is 10.4 Å². The fourth-order valence-corrected chi connectivity index (χ4v) is 3.99. The number of carbonyl (C=O) groups is 1. The molecular formula is C17H33NO2. The van der Waals surface area contributed by atoms with Gasteiger partial charge in [0.1, 0.15) is 0 Å². The Bertz CT molecular complexity index is 312. The quantitative estimate of drug-likeness (QED) is 0.785. The zero-order valence-electron chi connectivity index (χ0n) is 13.9. The molecule has 1 aliphatic rings. The molecule has 0 radical (unpaired) electrons. The number of hydrogen-bond acceptors (Lipinski definition) is 2. The molecule has 3 nitrogen and oxygen atoms in total. The maximum atomic E-state index is 12.0. The van der Waals surface area contributed by atoms with Gasteiger partial charge in [-0.2, -0.15) is 0 Å². The van der Waals surface area contributed by atoms with Gasteiger partial charge in [0, 0.05) is 13.0 Å². The van der Waals surface area contributed by atoms with Crippen LogP contribution in [0.25, 0.3) is 0 Å². The van der Waals surface area contributed by atoms with Crippen LogP contribution in [0.2, 0.25) is 0 Å². The Hall–Kier alpha value is -0.570. The highest BCUT2D eigenvalue weighted by atomic mass is 16.3. The monoisotopic (exact) mass is 283 g/mol. The molecule has 0 aromatic rings. The van der Waals surface area contributed by atoms with Gasteiger partial charge in [-0.1, -0.05) is 27.7 Å². The SMILES string of the molecule is CC(O)CC(C)CNC(=O)CC1CC(C)CC(C)(C)C1. The Morgan fingerprint density at radius 1 is 1.35 bits per heavy atom. The van der Waals surface area contributed by atoms with E-state index in [-0.39, 0.29) is 12.0 Å². The summed E-state index contributed by atoms with van der Waals surface area (Å²) in [4.78, 5) is 12.0. The molecule has 4 atom stereocenters. The zero-order chi connectivity index (χ0) is 15.3. The fraction of sp³-hybridized carbons (Fsp3) is 0.941. The summed E-state index contributed by atoms with van der Waals surface area (Å²) in [5.41, 5.74) is 0.377. The number of nitrogens with one attached hydrogen (secondary N) is 1. The molecule has 0 aliphatic heterocycles. The highest BCUT2D eigenvalue weighted by Crippen LogP contribution is 2.42. The van der Waals surface area contributed by atoms with Crippen LogP contribution in [0.3, 0.4) is 0 Å². The molecule has 4 unspecified atom stereocenters. The molecule has 1 rings (SSSR count). The number of aliphatic hydroxyl groups excluding tert-OH is 1. The summed E-state index contributed by atoms with van der Waals surface area (Å²) in [5, 5.41) is 12.4. The first-order chi connectivity index (χ1) is 9.18. The van der Waals surface area contributed by atoms with Gasteiger partial charge in [0.2, 0.25) is 5.91 Å². The predicted octanol–water partition coefficient (Wildman–Crippen LogP) is 3.36. The first-order valence-corrected chi connectivity index (χ1v) is 8.12. The van der Waals surface area contributed by atoms with Crippen LogP contribution in [0.15, 0.2) is 0 Å². The fourth-order valence-electron chi connectivity index (χ4n) is 3.99. The second kappa shape index (κ2) is 7.44. The van der Waals surface area contributed by atoms with Crippen LogP contribution in [0.5, 0.6) is 0 Å². The van der Waals surface area contributed by atoms with Crippen LogP contribution in [-0.4, -0.2) is 23.7 Å². The lowest BCUT2D eigenvalue weighted by Gasteiger charge is -2.38. The largest absolute Gasteiger partial charge is 0.393 e. The second-order valence-electron chi connectivity index (χ2n) is 7.98. The minimum absolute atomic E-state index is 0.178. The number of hydrogen-bond donors (Lipinski definition) is 2. The van der Waals surface area contributed by atoms with E-state index in [1.54, 1.807) is 6.92 Å². The number of rotatable bonds is 6. The third-order valence-corrected chi connectivity index (χ3v) is 4.34. The third kappa shape index (κ3) is 6.74. The van der Waals surface area contributed by atoms with E-state index in [1.165, 1.54) is 12.8 Å². The van der Waals surface area contributed by atoms with Crippen LogP contribution in [-0.2, 0) is 4.79 Å². The van der Waals surface area contributed by atoms with Gasteiger partial charge in [-0.3, -0.25) is 4.79 Å². The van der Waals surface area contributed by atoms with Crippen LogP contribution in [0, 0.1) is 23.2 Å². The van der Waals surface area contributed by atoms with Crippen LogP contribution in [0.1, 0.15) is 66.7 Å². The van der Waals surface area contributed by atoms with Crippen LogP contribution >= 0.6 is 0 Å². The molecule has 3 heteroatoms. The topological polar surface area (TPSA) is 49.3 Å². The Balaban J connectivity index is 2.31. The maximum absolute atomic E-state index is 12.0. The standard InChI is InChI=1S/C17H33NO2/c1-12-7-15(10-17(4,5)9-12)8-16(20)18-11-13(2)6-14(3)19/h12-15,19H,6-11H2,1-5H3,(H,18,20). The second-order valence-corrected chi connectivity index (χ2v) is 7.98. The number of amides is 1. The lowest BCUT2D eigenvalue weighted by molar-refractivity contribution is -0.122. The van der Waals surface area contributed by atoms with Gasteiger partial charge in [-0.05, 0) is 55.8 Å². The van der Waals surface area contributed by atoms with Gasteiger partial charge in [0.15, 0.2) is 0 Å². The summed E-state index contributed by atoms with van der Waals surface area (Å²) in [6.07, 6.45) is 4.73. The van der Waals surface area contributed by atoms with Gasteiger partial charge >= 0.3 is 0 Å². The predicted molar refractivity (Wildman–Crippen MR) is 83.4 cm³/mol. The minimum Gasteiger partial charge on any atom is -0.393 e. The van der Waals surface area contributed by atoms with Crippen molar-refractivity contribution in [2.75, 3.05) is 6.54 Å². The molecule has 1 amide bonds. The van der Waals surface area contributed by atoms with E-state index in [9.17, 15) is 9.90 Å². The van der Waals surface area contributed by atoms with Crippen molar-refractivity contribution in [1.82, 2.24) is 5.32 Å². The molecule has 1 fully saturated rings. The summed E-state index contributed by atoms with van der Waals surface area (Å²) in [5.74, 6) is 1.77. The molecule has 0 aromatic heterocycles. The van der Waals surface area contributed by atoms with E-state index in [4.69, 9.17) is 0 Å². The van der Waals surface area contributed by atoms with Crippen molar-refractivity contribution >= 4 is 5.91 Å². The van der Waals surface area contributed by atoms with Crippen molar-refractivity contribution in [3.8, 4) is 0 Å². The molecule has 2 N–H and O–H groups in total. The maximum Gasteiger partial charge on any atom is 0.220 e. The van der Waals surface area contributed by atoms with Crippen molar-refractivity contribution in [2.24, 2.45) is 23.2 Å². The number of carbonyl (C=O) groups excluding carboxylic acids is 1. The summed E-state index contributed by atoms with van der Waals surface area (Å²) in [6.45, 7) is 11.5. The first kappa shape index (κ1) is 17.5. The molecule has 118 valence electrons. The van der Waals surface area contributed by atoms with E-state index < -0.39 is 0 Å². The molecule has 0 heterocycles. The summed E-state index contributed by atoms with van der Waals surface area (Å²) in [6, 6.07) is 0. The first-order valence-electron chi connectivity index (χ1n) is 8.12. The van der Waals surface area contributed by atoms with Crippen molar-refractivity contribution in [3.05, 3.63) is 0 Å². The lowest BCUT2D eigenvalue weighted by Crippen LogP contribution is -2.34. The van der Waals surface area contributed by atoms with Gasteiger partial charge in [-0.25, -0.2) is 0 Å². The normalized spacial score (nSPS) is 28.7. The molecule has 0 aromatic carbocycles. The Morgan fingerprint density at radius 2 is 2.00 bits per heavy atom. The zero-order valence-corrected chi connectivity index (χ0v) is 13.9. The molecule has 1 saturated carbocycles. The van der Waals surface area contributed by atoms with Crippen molar-refractivity contribution in [3.63, 3.8) is 0 Å². The Morgan fingerprint density at radius 3 is 2.55 bits per heavy atom. The molecular weight excluding hydrogens is 250 g/mol. The molecule has 20 heavy (non-hydrogen) atoms. The van der Waals surface area contributed by atoms with Gasteiger partial charge in [-0.15, -0.1) is 0 Å². The van der Waals surface area contributed by atoms with E-state index in [0.717, 1.165) is 18.8 Å². The Labute approximate surface area is 124 Å². The molecule has 1 aliphatic carbocycles. The van der Waals surface area contributed by atoms with E-state index >= 15 is 0 Å². The van der Waals surface area contributed by atoms with E-state index in [2.05, 4.69) is 33.0 Å². The molecule has 0 saturated heterocycles. The van der Waals surface area contributed by atoms with Crippen molar-refractivity contribution in [1.29, 1.82) is 0 Å². The van der Waals surface area contributed by atoms with Crippen LogP contribution < -0.4 is 5.32 Å². The minimum atomic E-state index is -0.290. The van der Waals surface area contributed by atoms with Crippen molar-refractivity contribution < 1.29 is 9.90 Å². The van der Waals surface area contributed by atoms with E-state index in [1.807, 2.05) is 0 Å². The average Bonchev–Trinajstić information content (AvgIpc) is 2.22. The average molecular weight is 283 g/mol. The van der Waals surface area contributed by atoms with Gasteiger partial charge in [0.25, 0.3) is 0 Å². The van der Waals surface area contributed by atoms with E-state index in [0.29, 0.717) is 30.2 Å². The summed E-state index contributed by atoms with van der Waals surface area (Å²) < 4.78 is 0. The highest BCUT2D eigenvalue weighted by Gasteiger charge is 2.32. The van der Waals surface area contributed by atoms with Crippen molar-refractivity contribution in [2.45, 2.75) is 72.8 Å². The summed E-state index contributed by atoms with van der Waals surface area (Å²) >= 11 is 0. The Kier molecular flexibility index (Phi) is 6.50. The summed E-state index contributed by atoms with van der Waals surface area (Å²) in [7, 11) is 0. The number of aliphatic hydroxyl groups is 1. The lowest BCUT2D eigenvalue weighted by atomic mass is 9.67. The van der Waals surface area contributed by atoms with Crippen LogP contribution in [0.4, 0.5) is 0 Å². The molecule has 0 spiro atoms. The third-order valence-electron chi connectivity index (χ3n) is 4.34.